The second-order valence-corrected chi connectivity index (χ2v) is 8.08. The van der Waals surface area contributed by atoms with Crippen molar-refractivity contribution in [1.29, 1.82) is 0 Å². The molecule has 1 fully saturated rings. The second kappa shape index (κ2) is 10.3. The Kier molecular flexibility index (Phi) is 7.49. The third kappa shape index (κ3) is 6.10. The summed E-state index contributed by atoms with van der Waals surface area (Å²) < 4.78 is 0. The smallest absolute Gasteiger partial charge is 0.220 e. The van der Waals surface area contributed by atoms with E-state index in [9.17, 15) is 4.79 Å². The minimum atomic E-state index is 0.153. The van der Waals surface area contributed by atoms with Crippen LogP contribution in [0.15, 0.2) is 54.6 Å². The number of amides is 1. The number of rotatable bonds is 8. The predicted octanol–water partition coefficient (Wildman–Crippen LogP) is 4.06. The summed E-state index contributed by atoms with van der Waals surface area (Å²) in [6.45, 7) is 10.1. The molecule has 1 heterocycles. The molecule has 2 aromatic carbocycles. The molecule has 0 spiro atoms. The van der Waals surface area contributed by atoms with Gasteiger partial charge >= 0.3 is 0 Å². The zero-order valence-corrected chi connectivity index (χ0v) is 17.2. The van der Waals surface area contributed by atoms with Gasteiger partial charge in [0.05, 0.1) is 0 Å². The highest BCUT2D eigenvalue weighted by molar-refractivity contribution is 5.75. The number of carbonyl (C=O) groups is 1. The van der Waals surface area contributed by atoms with Crippen molar-refractivity contribution < 1.29 is 4.79 Å². The van der Waals surface area contributed by atoms with Crippen LogP contribution >= 0.6 is 0 Å². The summed E-state index contributed by atoms with van der Waals surface area (Å²) in [5, 5.41) is 3.09. The van der Waals surface area contributed by atoms with E-state index in [0.29, 0.717) is 18.9 Å². The van der Waals surface area contributed by atoms with E-state index < -0.39 is 0 Å². The van der Waals surface area contributed by atoms with Crippen molar-refractivity contribution in [3.8, 4) is 0 Å². The van der Waals surface area contributed by atoms with Gasteiger partial charge in [-0.15, -0.1) is 0 Å². The van der Waals surface area contributed by atoms with Crippen molar-refractivity contribution in [3.05, 3.63) is 65.7 Å². The van der Waals surface area contributed by atoms with Crippen molar-refractivity contribution in [3.63, 3.8) is 0 Å². The fraction of sp³-hybridized carbons (Fsp3) is 0.458. The van der Waals surface area contributed by atoms with Crippen LogP contribution in [0.3, 0.4) is 0 Å². The molecule has 1 amide bonds. The van der Waals surface area contributed by atoms with E-state index >= 15 is 0 Å². The van der Waals surface area contributed by atoms with E-state index in [1.165, 1.54) is 16.8 Å². The summed E-state index contributed by atoms with van der Waals surface area (Å²) >= 11 is 0. The summed E-state index contributed by atoms with van der Waals surface area (Å²) in [6, 6.07) is 19.1. The Morgan fingerprint density at radius 3 is 2.25 bits per heavy atom. The second-order valence-electron chi connectivity index (χ2n) is 8.08. The largest absolute Gasteiger partial charge is 0.369 e. The molecule has 0 atom stereocenters. The van der Waals surface area contributed by atoms with E-state index in [1.807, 2.05) is 0 Å². The lowest BCUT2D eigenvalue weighted by Gasteiger charge is -2.36. The molecule has 0 unspecified atom stereocenters. The molecule has 1 N–H and O–H groups in total. The molecule has 0 aliphatic carbocycles. The van der Waals surface area contributed by atoms with Gasteiger partial charge in [0.25, 0.3) is 0 Å². The summed E-state index contributed by atoms with van der Waals surface area (Å²) in [4.78, 5) is 17.0. The fourth-order valence-corrected chi connectivity index (χ4v) is 3.63. The van der Waals surface area contributed by atoms with Gasteiger partial charge in [-0.05, 0) is 35.6 Å². The van der Waals surface area contributed by atoms with Crippen molar-refractivity contribution in [2.75, 3.05) is 31.1 Å². The molecule has 4 nitrogen and oxygen atoms in total. The summed E-state index contributed by atoms with van der Waals surface area (Å²) in [5.41, 5.74) is 3.86. The van der Waals surface area contributed by atoms with Crippen LogP contribution < -0.4 is 10.2 Å². The Morgan fingerprint density at radius 1 is 0.929 bits per heavy atom. The molecule has 3 rings (SSSR count). The van der Waals surface area contributed by atoms with Crippen LogP contribution in [0.25, 0.3) is 0 Å². The molecular weight excluding hydrogens is 346 g/mol. The van der Waals surface area contributed by atoms with Crippen LogP contribution in [0.4, 0.5) is 5.69 Å². The molecule has 1 aliphatic rings. The molecule has 150 valence electrons. The zero-order chi connectivity index (χ0) is 19.8. The van der Waals surface area contributed by atoms with Crippen molar-refractivity contribution in [2.24, 2.45) is 5.92 Å². The summed E-state index contributed by atoms with van der Waals surface area (Å²) in [7, 11) is 0. The van der Waals surface area contributed by atoms with E-state index in [-0.39, 0.29) is 5.91 Å². The Hall–Kier alpha value is -2.33. The van der Waals surface area contributed by atoms with Gasteiger partial charge in [-0.2, -0.15) is 0 Å². The van der Waals surface area contributed by atoms with Gasteiger partial charge < -0.3 is 10.2 Å². The maximum atomic E-state index is 12.1. The number of nitrogens with zero attached hydrogens (tertiary/aromatic N) is 2. The number of para-hydroxylation sites is 1. The first-order valence-corrected chi connectivity index (χ1v) is 10.5. The third-order valence-corrected chi connectivity index (χ3v) is 5.43. The van der Waals surface area contributed by atoms with Crippen molar-refractivity contribution >= 4 is 11.6 Å². The average Bonchev–Trinajstić information content (AvgIpc) is 2.73. The Balaban J connectivity index is 1.50. The first-order valence-electron chi connectivity index (χ1n) is 10.5. The Bertz CT molecular complexity index is 737. The summed E-state index contributed by atoms with van der Waals surface area (Å²) in [6.07, 6.45) is 1.56. The number of nitrogens with one attached hydrogen (secondary N) is 1. The van der Waals surface area contributed by atoms with Gasteiger partial charge in [0.15, 0.2) is 0 Å². The molecule has 0 bridgehead atoms. The van der Waals surface area contributed by atoms with Gasteiger partial charge in [-0.3, -0.25) is 9.69 Å². The topological polar surface area (TPSA) is 35.6 Å². The average molecular weight is 380 g/mol. The number of hydrogen-bond acceptors (Lipinski definition) is 3. The zero-order valence-electron chi connectivity index (χ0n) is 17.2. The third-order valence-electron chi connectivity index (χ3n) is 5.43. The number of benzene rings is 2. The number of anilines is 1. The van der Waals surface area contributed by atoms with Crippen LogP contribution in [-0.4, -0.2) is 37.0 Å². The first kappa shape index (κ1) is 20.4. The quantitative estimate of drug-likeness (QED) is 0.751. The first-order chi connectivity index (χ1) is 13.6. The van der Waals surface area contributed by atoms with Gasteiger partial charge in [0.1, 0.15) is 0 Å². The minimum Gasteiger partial charge on any atom is -0.369 e. The molecule has 1 aliphatic heterocycles. The normalized spacial score (nSPS) is 15.0. The van der Waals surface area contributed by atoms with E-state index in [0.717, 1.165) is 39.1 Å². The molecule has 0 aromatic heterocycles. The van der Waals surface area contributed by atoms with Crippen LogP contribution in [-0.2, 0) is 17.9 Å². The molecule has 0 radical (unpaired) electrons. The lowest BCUT2D eigenvalue weighted by molar-refractivity contribution is -0.121. The van der Waals surface area contributed by atoms with Gasteiger partial charge in [-0.1, -0.05) is 56.3 Å². The standard InChI is InChI=1S/C24H33N3O/c1-20(2)12-13-24(28)25-18-21-8-6-7-9-22(21)19-26-14-16-27(17-15-26)23-10-4-3-5-11-23/h3-11,20H,12-19H2,1-2H3,(H,25,28). The Labute approximate surface area is 169 Å². The molecule has 0 saturated carbocycles. The minimum absolute atomic E-state index is 0.153. The monoisotopic (exact) mass is 379 g/mol. The molecule has 28 heavy (non-hydrogen) atoms. The van der Waals surface area contributed by atoms with E-state index in [1.54, 1.807) is 0 Å². The Morgan fingerprint density at radius 2 is 1.57 bits per heavy atom. The lowest BCUT2D eigenvalue weighted by Crippen LogP contribution is -2.46. The highest BCUT2D eigenvalue weighted by atomic mass is 16.1. The number of hydrogen-bond donors (Lipinski definition) is 1. The van der Waals surface area contributed by atoms with E-state index in [4.69, 9.17) is 0 Å². The van der Waals surface area contributed by atoms with Gasteiger partial charge in [0.2, 0.25) is 5.91 Å². The maximum Gasteiger partial charge on any atom is 0.220 e. The van der Waals surface area contributed by atoms with Crippen LogP contribution in [0.5, 0.6) is 0 Å². The van der Waals surface area contributed by atoms with Gasteiger partial charge in [-0.25, -0.2) is 0 Å². The molecule has 1 saturated heterocycles. The summed E-state index contributed by atoms with van der Waals surface area (Å²) in [5.74, 6) is 0.715. The number of piperazine rings is 1. The highest BCUT2D eigenvalue weighted by Crippen LogP contribution is 2.18. The van der Waals surface area contributed by atoms with Crippen molar-refractivity contribution in [2.45, 2.75) is 39.8 Å². The highest BCUT2D eigenvalue weighted by Gasteiger charge is 2.18. The molecule has 2 aromatic rings. The molecule has 4 heteroatoms. The van der Waals surface area contributed by atoms with E-state index in [2.05, 4.69) is 83.6 Å². The number of carbonyl (C=O) groups excluding carboxylic acids is 1. The fourth-order valence-electron chi connectivity index (χ4n) is 3.63. The van der Waals surface area contributed by atoms with Crippen molar-refractivity contribution in [1.82, 2.24) is 10.2 Å². The lowest BCUT2D eigenvalue weighted by atomic mass is 10.1. The van der Waals surface area contributed by atoms with Gasteiger partial charge in [0, 0.05) is 51.4 Å². The molecular formula is C24H33N3O. The predicted molar refractivity (Wildman–Crippen MR) is 116 cm³/mol. The van der Waals surface area contributed by atoms with Crippen LogP contribution in [0.1, 0.15) is 37.8 Å². The SMILES string of the molecule is CC(C)CCC(=O)NCc1ccccc1CN1CCN(c2ccccc2)CC1. The maximum absolute atomic E-state index is 12.1. The van der Waals surface area contributed by atoms with Crippen LogP contribution in [0, 0.1) is 5.92 Å². The van der Waals surface area contributed by atoms with Crippen LogP contribution in [0.2, 0.25) is 0 Å².